The number of benzene rings is 2. The second-order valence-electron chi connectivity index (χ2n) is 7.04. The largest absolute Gasteiger partial charge is 0.347 e. The van der Waals surface area contributed by atoms with E-state index in [0.29, 0.717) is 22.9 Å². The Morgan fingerprint density at radius 3 is 2.56 bits per heavy atom. The lowest BCUT2D eigenvalue weighted by Crippen LogP contribution is -2.14. The number of anilines is 2. The lowest BCUT2D eigenvalue weighted by atomic mass is 10.1. The molecule has 0 spiro atoms. The summed E-state index contributed by atoms with van der Waals surface area (Å²) in [6.07, 6.45) is 3.12. The van der Waals surface area contributed by atoms with E-state index in [1.165, 1.54) is 6.07 Å². The number of sulfonamides is 1. The van der Waals surface area contributed by atoms with Crippen LogP contribution in [0.5, 0.6) is 0 Å². The Hall–Kier alpha value is -2.80. The number of carbonyl (C=O) groups excluding carboxylic acids is 1. The van der Waals surface area contributed by atoms with Gasteiger partial charge in [0.15, 0.2) is 0 Å². The molecule has 0 bridgehead atoms. The summed E-state index contributed by atoms with van der Waals surface area (Å²) in [6.45, 7) is 5.29. The normalized spacial score (nSPS) is 11.7. The minimum Gasteiger partial charge on any atom is -0.347 e. The number of aromatic nitrogens is 1. The van der Waals surface area contributed by atoms with Crippen LogP contribution in [0.1, 0.15) is 24.2 Å². The molecule has 27 heavy (non-hydrogen) atoms. The molecule has 0 aliphatic heterocycles. The van der Waals surface area contributed by atoms with Crippen LogP contribution in [-0.4, -0.2) is 25.1 Å². The van der Waals surface area contributed by atoms with Crippen LogP contribution in [0.2, 0.25) is 0 Å². The van der Waals surface area contributed by atoms with E-state index in [1.54, 1.807) is 18.2 Å². The van der Waals surface area contributed by atoms with Gasteiger partial charge < -0.3 is 9.88 Å². The lowest BCUT2D eigenvalue weighted by molar-refractivity contribution is 0.102. The number of nitrogens with one attached hydrogen (secondary N) is 2. The van der Waals surface area contributed by atoms with Gasteiger partial charge >= 0.3 is 0 Å². The van der Waals surface area contributed by atoms with Crippen molar-refractivity contribution in [1.82, 2.24) is 4.57 Å². The summed E-state index contributed by atoms with van der Waals surface area (Å²) < 4.78 is 27.3. The fourth-order valence-electron chi connectivity index (χ4n) is 2.97. The summed E-state index contributed by atoms with van der Waals surface area (Å²) in [4.78, 5) is 12.5. The molecule has 6 nitrogen and oxygen atoms in total. The highest BCUT2D eigenvalue weighted by molar-refractivity contribution is 7.92. The average Bonchev–Trinajstić information content (AvgIpc) is 2.95. The molecule has 1 aromatic heterocycles. The van der Waals surface area contributed by atoms with Crippen molar-refractivity contribution in [1.29, 1.82) is 0 Å². The van der Waals surface area contributed by atoms with Crippen LogP contribution < -0.4 is 10.0 Å². The molecule has 142 valence electrons. The summed E-state index contributed by atoms with van der Waals surface area (Å²) >= 11 is 0. The van der Waals surface area contributed by atoms with Gasteiger partial charge in [0.2, 0.25) is 10.0 Å². The Labute approximate surface area is 159 Å². The molecule has 0 saturated carbocycles. The number of fused-ring (bicyclic) bond motifs is 1. The van der Waals surface area contributed by atoms with E-state index in [4.69, 9.17) is 0 Å². The minimum absolute atomic E-state index is 0.298. The highest BCUT2D eigenvalue weighted by atomic mass is 32.2. The highest BCUT2D eigenvalue weighted by Gasteiger charge is 2.10. The fourth-order valence-corrected chi connectivity index (χ4v) is 3.53. The summed E-state index contributed by atoms with van der Waals surface area (Å²) in [5.41, 5.74) is 2.55. The van der Waals surface area contributed by atoms with Crippen LogP contribution in [0.25, 0.3) is 10.9 Å². The quantitative estimate of drug-likeness (QED) is 0.675. The van der Waals surface area contributed by atoms with Crippen LogP contribution in [0.4, 0.5) is 11.4 Å². The first-order valence-electron chi connectivity index (χ1n) is 8.69. The van der Waals surface area contributed by atoms with Crippen molar-refractivity contribution in [3.8, 4) is 0 Å². The second kappa shape index (κ2) is 7.44. The molecule has 0 radical (unpaired) electrons. The zero-order chi connectivity index (χ0) is 19.6. The molecule has 3 aromatic rings. The van der Waals surface area contributed by atoms with E-state index >= 15 is 0 Å². The van der Waals surface area contributed by atoms with Crippen molar-refractivity contribution in [2.24, 2.45) is 5.92 Å². The van der Waals surface area contributed by atoms with Gasteiger partial charge in [-0.15, -0.1) is 0 Å². The van der Waals surface area contributed by atoms with Gasteiger partial charge in [0.1, 0.15) is 0 Å². The molecule has 0 unspecified atom stereocenters. The van der Waals surface area contributed by atoms with E-state index in [1.807, 2.05) is 24.3 Å². The Balaban J connectivity index is 1.79. The van der Waals surface area contributed by atoms with Crippen molar-refractivity contribution < 1.29 is 13.2 Å². The van der Waals surface area contributed by atoms with Crippen molar-refractivity contribution >= 4 is 38.2 Å². The van der Waals surface area contributed by atoms with Crippen molar-refractivity contribution in [3.63, 3.8) is 0 Å². The molecule has 0 fully saturated rings. The zero-order valence-electron chi connectivity index (χ0n) is 15.6. The molecule has 0 atom stereocenters. The molecular weight excluding hydrogens is 362 g/mol. The molecule has 2 N–H and O–H groups in total. The van der Waals surface area contributed by atoms with E-state index in [-0.39, 0.29) is 5.91 Å². The maximum atomic E-state index is 12.5. The summed E-state index contributed by atoms with van der Waals surface area (Å²) in [6, 6.07) is 14.2. The molecule has 0 saturated heterocycles. The van der Waals surface area contributed by atoms with Crippen molar-refractivity contribution in [2.75, 3.05) is 16.3 Å². The van der Waals surface area contributed by atoms with Gasteiger partial charge in [-0.1, -0.05) is 19.9 Å². The van der Waals surface area contributed by atoms with Gasteiger partial charge in [-0.2, -0.15) is 0 Å². The molecular formula is C20H23N3O3S. The van der Waals surface area contributed by atoms with Gasteiger partial charge in [-0.3, -0.25) is 9.52 Å². The van der Waals surface area contributed by atoms with Crippen LogP contribution in [0, 0.1) is 5.92 Å². The number of hydrogen-bond acceptors (Lipinski definition) is 3. The lowest BCUT2D eigenvalue weighted by Gasteiger charge is -2.10. The van der Waals surface area contributed by atoms with Crippen molar-refractivity contribution in [3.05, 3.63) is 60.3 Å². The van der Waals surface area contributed by atoms with E-state index in [0.717, 1.165) is 23.7 Å². The average molecular weight is 385 g/mol. The van der Waals surface area contributed by atoms with Crippen molar-refractivity contribution in [2.45, 2.75) is 20.4 Å². The fraction of sp³-hybridized carbons (Fsp3) is 0.250. The topological polar surface area (TPSA) is 80.2 Å². The van der Waals surface area contributed by atoms with Gasteiger partial charge in [0.05, 0.1) is 6.26 Å². The Morgan fingerprint density at radius 1 is 1.07 bits per heavy atom. The third-order valence-corrected chi connectivity index (χ3v) is 4.63. The zero-order valence-corrected chi connectivity index (χ0v) is 16.4. The third-order valence-electron chi connectivity index (χ3n) is 4.02. The van der Waals surface area contributed by atoms with Crippen LogP contribution in [-0.2, 0) is 16.6 Å². The smallest absolute Gasteiger partial charge is 0.255 e. The second-order valence-corrected chi connectivity index (χ2v) is 8.79. The van der Waals surface area contributed by atoms with Crippen LogP contribution in [0.15, 0.2) is 54.7 Å². The predicted molar refractivity (Wildman–Crippen MR) is 110 cm³/mol. The van der Waals surface area contributed by atoms with Gasteiger partial charge in [-0.25, -0.2) is 8.42 Å². The monoisotopic (exact) mass is 385 g/mol. The summed E-state index contributed by atoms with van der Waals surface area (Å²) in [5.74, 6) is 0.251. The van der Waals surface area contributed by atoms with E-state index in [2.05, 4.69) is 34.7 Å². The summed E-state index contributed by atoms with van der Waals surface area (Å²) in [5, 5.41) is 3.92. The van der Waals surface area contributed by atoms with Crippen LogP contribution >= 0.6 is 0 Å². The van der Waals surface area contributed by atoms with E-state index in [9.17, 15) is 13.2 Å². The molecule has 1 amide bonds. The SMILES string of the molecule is CC(C)Cn1ccc2cc(NC(=O)c3cccc(NS(C)(=O)=O)c3)ccc21. The van der Waals surface area contributed by atoms with Crippen LogP contribution in [0.3, 0.4) is 0 Å². The first kappa shape index (κ1) is 19.0. The Morgan fingerprint density at radius 2 is 1.85 bits per heavy atom. The first-order chi connectivity index (χ1) is 12.7. The molecule has 1 heterocycles. The maximum Gasteiger partial charge on any atom is 0.255 e. The van der Waals surface area contributed by atoms with Gasteiger partial charge in [0.25, 0.3) is 5.91 Å². The molecule has 3 rings (SSSR count). The predicted octanol–water partition coefficient (Wildman–Crippen LogP) is 3.92. The van der Waals surface area contributed by atoms with Gasteiger partial charge in [-0.05, 0) is 48.4 Å². The molecule has 7 heteroatoms. The number of carbonyl (C=O) groups is 1. The molecule has 2 aromatic carbocycles. The third kappa shape index (κ3) is 4.89. The summed E-state index contributed by atoms with van der Waals surface area (Å²) in [7, 11) is -3.39. The number of rotatable bonds is 6. The number of hydrogen-bond donors (Lipinski definition) is 2. The first-order valence-corrected chi connectivity index (χ1v) is 10.6. The maximum absolute atomic E-state index is 12.5. The Kier molecular flexibility index (Phi) is 5.23. The molecule has 0 aliphatic rings. The Bertz CT molecular complexity index is 1080. The van der Waals surface area contributed by atoms with Gasteiger partial charge in [0, 0.05) is 40.6 Å². The standard InChI is InChI=1S/C20H23N3O3S/c1-14(2)13-23-10-9-15-11-17(7-8-19(15)23)21-20(24)16-5-4-6-18(12-16)22-27(3,25)26/h4-12,14,22H,13H2,1-3H3,(H,21,24). The number of amides is 1. The van der Waals surface area contributed by atoms with E-state index < -0.39 is 10.0 Å². The highest BCUT2D eigenvalue weighted by Crippen LogP contribution is 2.22. The molecule has 0 aliphatic carbocycles. The number of nitrogens with zero attached hydrogens (tertiary/aromatic N) is 1. The minimum atomic E-state index is -3.39.